The first-order valence-corrected chi connectivity index (χ1v) is 8.91. The van der Waals surface area contributed by atoms with Gasteiger partial charge < -0.3 is 14.6 Å². The van der Waals surface area contributed by atoms with E-state index in [2.05, 4.69) is 31.3 Å². The number of hydrogen-bond acceptors (Lipinski definition) is 5. The lowest BCUT2D eigenvalue weighted by Crippen LogP contribution is -2.40. The van der Waals surface area contributed by atoms with Gasteiger partial charge in [0.2, 0.25) is 0 Å². The first-order valence-electron chi connectivity index (χ1n) is 8.01. The predicted octanol–water partition coefficient (Wildman–Crippen LogP) is 4.14. The van der Waals surface area contributed by atoms with E-state index in [1.807, 2.05) is 32.0 Å². The number of thiol groups is 2. The van der Waals surface area contributed by atoms with Crippen molar-refractivity contribution >= 4 is 25.3 Å². The highest BCUT2D eigenvalue weighted by Gasteiger charge is 2.30. The van der Waals surface area contributed by atoms with E-state index in [4.69, 9.17) is 9.47 Å². The maximum atomic E-state index is 9.28. The van der Waals surface area contributed by atoms with Crippen molar-refractivity contribution in [2.45, 2.75) is 68.5 Å². The molecule has 1 saturated heterocycles. The van der Waals surface area contributed by atoms with Gasteiger partial charge in [-0.05, 0) is 58.2 Å². The number of ether oxygens (including phenoxy) is 2. The van der Waals surface area contributed by atoms with E-state index in [0.29, 0.717) is 12.7 Å². The minimum Gasteiger partial charge on any atom is -0.389 e. The van der Waals surface area contributed by atoms with E-state index < -0.39 is 5.60 Å². The summed E-state index contributed by atoms with van der Waals surface area (Å²) in [4.78, 5) is 0.989. The quantitative estimate of drug-likeness (QED) is 0.709. The summed E-state index contributed by atoms with van der Waals surface area (Å²) >= 11 is 8.48. The summed E-state index contributed by atoms with van der Waals surface area (Å²) < 4.78 is 10.8. The highest BCUT2D eigenvalue weighted by atomic mass is 32.1. The molecule has 2 rings (SSSR count). The first-order chi connectivity index (χ1) is 10.6. The zero-order valence-electron chi connectivity index (χ0n) is 14.6. The third kappa shape index (κ3) is 8.45. The summed E-state index contributed by atoms with van der Waals surface area (Å²) in [7, 11) is 0. The van der Waals surface area contributed by atoms with Gasteiger partial charge in [-0.25, -0.2) is 0 Å². The zero-order valence-corrected chi connectivity index (χ0v) is 16.4. The SMILES string of the molecule is CC(C)(O)C(C)(C)S.Sc1cccc(COC2CCOCC2)c1. The molecule has 1 N–H and O–H groups in total. The number of rotatable bonds is 4. The molecule has 1 aliphatic rings. The Bertz CT molecular complexity index is 446. The van der Waals surface area contributed by atoms with Gasteiger partial charge in [-0.15, -0.1) is 12.6 Å². The Labute approximate surface area is 151 Å². The average molecular weight is 359 g/mol. The molecule has 0 unspecified atom stereocenters. The molecule has 0 spiro atoms. The fraction of sp³-hybridized carbons (Fsp3) is 0.667. The molecule has 0 aliphatic carbocycles. The molecule has 1 heterocycles. The molecular weight excluding hydrogens is 328 g/mol. The molecule has 0 aromatic heterocycles. The molecule has 0 atom stereocenters. The second-order valence-corrected chi connectivity index (χ2v) is 8.55. The van der Waals surface area contributed by atoms with E-state index in [9.17, 15) is 5.11 Å². The van der Waals surface area contributed by atoms with Gasteiger partial charge in [0, 0.05) is 22.9 Å². The van der Waals surface area contributed by atoms with E-state index >= 15 is 0 Å². The third-order valence-corrected chi connectivity index (χ3v) is 4.89. The van der Waals surface area contributed by atoms with Crippen molar-refractivity contribution in [1.29, 1.82) is 0 Å². The fourth-order valence-corrected chi connectivity index (χ4v) is 1.95. The van der Waals surface area contributed by atoms with Crippen LogP contribution in [0.5, 0.6) is 0 Å². The van der Waals surface area contributed by atoms with Crippen LogP contribution in [-0.2, 0) is 16.1 Å². The van der Waals surface area contributed by atoms with Crippen LogP contribution in [0.1, 0.15) is 46.1 Å². The van der Waals surface area contributed by atoms with Gasteiger partial charge in [0.1, 0.15) is 0 Å². The van der Waals surface area contributed by atoms with Crippen LogP contribution >= 0.6 is 25.3 Å². The Kier molecular flexibility index (Phi) is 8.45. The average Bonchev–Trinajstić information content (AvgIpc) is 2.45. The van der Waals surface area contributed by atoms with E-state index in [1.165, 1.54) is 5.56 Å². The Morgan fingerprint density at radius 3 is 2.26 bits per heavy atom. The highest BCUT2D eigenvalue weighted by Crippen LogP contribution is 2.26. The van der Waals surface area contributed by atoms with Gasteiger partial charge in [0.05, 0.1) is 18.3 Å². The monoisotopic (exact) mass is 358 g/mol. The Morgan fingerprint density at radius 1 is 1.22 bits per heavy atom. The molecule has 0 saturated carbocycles. The minimum absolute atomic E-state index is 0.312. The molecule has 1 fully saturated rings. The van der Waals surface area contributed by atoms with E-state index in [-0.39, 0.29) is 4.75 Å². The molecule has 1 aliphatic heterocycles. The molecule has 3 nitrogen and oxygen atoms in total. The number of hydrogen-bond donors (Lipinski definition) is 3. The molecule has 23 heavy (non-hydrogen) atoms. The van der Waals surface area contributed by atoms with Crippen LogP contribution in [-0.4, -0.2) is 34.8 Å². The molecule has 5 heteroatoms. The van der Waals surface area contributed by atoms with Crippen LogP contribution in [0.3, 0.4) is 0 Å². The van der Waals surface area contributed by atoms with Crippen molar-refractivity contribution in [3.63, 3.8) is 0 Å². The zero-order chi connectivity index (χ0) is 17.5. The topological polar surface area (TPSA) is 38.7 Å². The summed E-state index contributed by atoms with van der Waals surface area (Å²) in [6.45, 7) is 9.61. The standard InChI is InChI=1S/C12H16O2S.C6H14OS/c15-12-3-1-2-10(8-12)9-14-11-4-6-13-7-5-11;1-5(2,7)6(3,4)8/h1-3,8,11,15H,4-7,9H2;7-8H,1-4H3. The van der Waals surface area contributed by atoms with Crippen LogP contribution in [0.25, 0.3) is 0 Å². The molecule has 0 radical (unpaired) electrons. The van der Waals surface area contributed by atoms with Gasteiger partial charge in [-0.3, -0.25) is 0 Å². The molecule has 0 bridgehead atoms. The minimum atomic E-state index is -0.698. The fourth-order valence-electron chi connectivity index (χ4n) is 1.70. The van der Waals surface area contributed by atoms with Crippen LogP contribution in [0.15, 0.2) is 29.2 Å². The van der Waals surface area contributed by atoms with Crippen LogP contribution in [0, 0.1) is 0 Å². The lowest BCUT2D eigenvalue weighted by atomic mass is 9.94. The van der Waals surface area contributed by atoms with Crippen molar-refractivity contribution in [3.05, 3.63) is 29.8 Å². The van der Waals surface area contributed by atoms with E-state index in [1.54, 1.807) is 13.8 Å². The summed E-state index contributed by atoms with van der Waals surface area (Å²) in [6.07, 6.45) is 2.39. The molecule has 1 aromatic rings. The second kappa shape index (κ2) is 9.33. The highest BCUT2D eigenvalue weighted by molar-refractivity contribution is 7.81. The molecule has 132 valence electrons. The van der Waals surface area contributed by atoms with Crippen molar-refractivity contribution < 1.29 is 14.6 Å². The predicted molar refractivity (Wildman–Crippen MR) is 102 cm³/mol. The Hall–Kier alpha value is -0.200. The van der Waals surface area contributed by atoms with Crippen LogP contribution in [0.2, 0.25) is 0 Å². The maximum absolute atomic E-state index is 9.28. The van der Waals surface area contributed by atoms with Gasteiger partial charge in [0.25, 0.3) is 0 Å². The van der Waals surface area contributed by atoms with Gasteiger partial charge in [-0.1, -0.05) is 12.1 Å². The van der Waals surface area contributed by atoms with Gasteiger partial charge in [0.15, 0.2) is 0 Å². The first kappa shape index (κ1) is 20.8. The molecular formula is C18H30O3S2. The number of benzene rings is 1. The van der Waals surface area contributed by atoms with Gasteiger partial charge >= 0.3 is 0 Å². The smallest absolute Gasteiger partial charge is 0.0729 e. The van der Waals surface area contributed by atoms with Crippen molar-refractivity contribution in [2.75, 3.05) is 13.2 Å². The Morgan fingerprint density at radius 2 is 1.78 bits per heavy atom. The van der Waals surface area contributed by atoms with Crippen molar-refractivity contribution in [3.8, 4) is 0 Å². The molecule has 1 aromatic carbocycles. The maximum Gasteiger partial charge on any atom is 0.0729 e. The normalized spacial score (nSPS) is 16.7. The van der Waals surface area contributed by atoms with Gasteiger partial charge in [-0.2, -0.15) is 12.6 Å². The summed E-state index contributed by atoms with van der Waals surface area (Å²) in [5, 5.41) is 9.28. The van der Waals surface area contributed by atoms with Crippen LogP contribution < -0.4 is 0 Å². The lowest BCUT2D eigenvalue weighted by molar-refractivity contribution is -0.0391. The summed E-state index contributed by atoms with van der Waals surface area (Å²) in [5.41, 5.74) is 0.491. The van der Waals surface area contributed by atoms with Crippen molar-refractivity contribution in [2.24, 2.45) is 0 Å². The molecule has 0 amide bonds. The largest absolute Gasteiger partial charge is 0.389 e. The summed E-state index contributed by atoms with van der Waals surface area (Å²) in [6, 6.07) is 8.09. The third-order valence-electron chi connectivity index (χ3n) is 4.06. The van der Waals surface area contributed by atoms with Crippen molar-refractivity contribution in [1.82, 2.24) is 0 Å². The second-order valence-electron chi connectivity index (χ2n) is 6.91. The van der Waals surface area contributed by atoms with Crippen LogP contribution in [0.4, 0.5) is 0 Å². The Balaban J connectivity index is 0.000000284. The number of aliphatic hydroxyl groups is 1. The van der Waals surface area contributed by atoms with E-state index in [0.717, 1.165) is 31.0 Å². The summed E-state index contributed by atoms with van der Waals surface area (Å²) in [5.74, 6) is 0. The lowest BCUT2D eigenvalue weighted by Gasteiger charge is -2.32.